The molecule has 108 valence electrons. The fourth-order valence-electron chi connectivity index (χ4n) is 2.53. The monoisotopic (exact) mass is 281 g/mol. The average molecular weight is 281 g/mol. The largest absolute Gasteiger partial charge is 0.508 e. The number of aromatic hydroxyl groups is 1. The Morgan fingerprint density at radius 3 is 2.57 bits per heavy atom. The van der Waals surface area contributed by atoms with Crippen LogP contribution in [0.1, 0.15) is 18.1 Å². The van der Waals surface area contributed by atoms with E-state index in [9.17, 15) is 5.11 Å². The molecule has 0 bridgehead atoms. The van der Waals surface area contributed by atoms with Gasteiger partial charge in [-0.15, -0.1) is 0 Å². The zero-order chi connectivity index (χ0) is 14.8. The lowest BCUT2D eigenvalue weighted by Crippen LogP contribution is -1.95. The number of phenolic OH excluding ortho intramolecular Hbond substituents is 1. The highest BCUT2D eigenvalue weighted by Crippen LogP contribution is 2.26. The second-order valence-corrected chi connectivity index (χ2v) is 5.24. The Morgan fingerprint density at radius 2 is 1.86 bits per heavy atom. The number of aryl methyl sites for hydroxylation is 2. The molecule has 3 aromatic rings. The summed E-state index contributed by atoms with van der Waals surface area (Å²) in [5, 5.41) is 10.7. The molecule has 0 spiro atoms. The zero-order valence-electron chi connectivity index (χ0n) is 12.3. The van der Waals surface area contributed by atoms with Gasteiger partial charge in [-0.3, -0.25) is 0 Å². The molecule has 0 aliphatic rings. The number of nitrogens with zero attached hydrogens (tertiary/aromatic N) is 1. The molecule has 3 nitrogen and oxygen atoms in total. The van der Waals surface area contributed by atoms with Gasteiger partial charge >= 0.3 is 0 Å². The molecule has 0 fully saturated rings. The van der Waals surface area contributed by atoms with Gasteiger partial charge in [0.05, 0.1) is 0 Å². The molecule has 0 radical (unpaired) electrons. The van der Waals surface area contributed by atoms with Gasteiger partial charge in [0, 0.05) is 29.2 Å². The van der Waals surface area contributed by atoms with E-state index < -0.39 is 0 Å². The van der Waals surface area contributed by atoms with E-state index in [-0.39, 0.29) is 5.75 Å². The van der Waals surface area contributed by atoms with Crippen LogP contribution in [0.4, 0.5) is 0 Å². The Hall–Kier alpha value is -2.42. The van der Waals surface area contributed by atoms with Crippen LogP contribution in [0.2, 0.25) is 0 Å². The minimum Gasteiger partial charge on any atom is -0.508 e. The van der Waals surface area contributed by atoms with Gasteiger partial charge in [0.15, 0.2) is 0 Å². The Bertz CT molecular complexity index is 757. The number of fused-ring (bicyclic) bond motifs is 1. The molecule has 0 atom stereocenters. The number of rotatable bonds is 4. The number of hydrogen-bond acceptors (Lipinski definition) is 2. The molecule has 0 saturated carbocycles. The van der Waals surface area contributed by atoms with E-state index in [0.717, 1.165) is 28.8 Å². The summed E-state index contributed by atoms with van der Waals surface area (Å²) in [4.78, 5) is 0. The van der Waals surface area contributed by atoms with E-state index in [1.54, 1.807) is 12.1 Å². The maximum Gasteiger partial charge on any atom is 0.119 e. The lowest BCUT2D eigenvalue weighted by atomic mass is 10.2. The van der Waals surface area contributed by atoms with Crippen molar-refractivity contribution < 1.29 is 9.84 Å². The number of phenols is 1. The maximum atomic E-state index is 9.70. The third-order valence-corrected chi connectivity index (χ3v) is 3.70. The minimum atomic E-state index is 0.285. The lowest BCUT2D eigenvalue weighted by molar-refractivity contribution is 0.307. The number of benzene rings is 2. The van der Waals surface area contributed by atoms with Crippen LogP contribution in [0.15, 0.2) is 48.7 Å². The molecule has 3 heteroatoms. The van der Waals surface area contributed by atoms with Gasteiger partial charge in [-0.05, 0) is 44.2 Å². The van der Waals surface area contributed by atoms with Gasteiger partial charge in [-0.1, -0.05) is 17.7 Å². The fourth-order valence-corrected chi connectivity index (χ4v) is 2.53. The molecular weight excluding hydrogens is 262 g/mol. The molecule has 1 aromatic heterocycles. The van der Waals surface area contributed by atoms with Crippen LogP contribution < -0.4 is 4.74 Å². The van der Waals surface area contributed by atoms with Gasteiger partial charge in [0.2, 0.25) is 0 Å². The minimum absolute atomic E-state index is 0.285. The van der Waals surface area contributed by atoms with Crippen molar-refractivity contribution in [3.63, 3.8) is 0 Å². The molecule has 0 saturated heterocycles. The molecule has 0 unspecified atom stereocenters. The Labute approximate surface area is 124 Å². The van der Waals surface area contributed by atoms with E-state index in [4.69, 9.17) is 4.74 Å². The number of hydrogen-bond donors (Lipinski definition) is 1. The van der Waals surface area contributed by atoms with Gasteiger partial charge in [-0.2, -0.15) is 0 Å². The van der Waals surface area contributed by atoms with Crippen LogP contribution in [0.3, 0.4) is 0 Å². The summed E-state index contributed by atoms with van der Waals surface area (Å²) in [6.07, 6.45) is 2.10. The average Bonchev–Trinajstić information content (AvgIpc) is 2.84. The first-order valence-corrected chi connectivity index (χ1v) is 7.17. The predicted octanol–water partition coefficient (Wildman–Crippen LogP) is 4.25. The van der Waals surface area contributed by atoms with E-state index in [2.05, 4.69) is 24.6 Å². The SMILES string of the molecule is CCn1cc(COc2ccc(C)cc2)c2cc(O)ccc21. The van der Waals surface area contributed by atoms with Crippen molar-refractivity contribution in [2.75, 3.05) is 0 Å². The molecular formula is C18H19NO2. The highest BCUT2D eigenvalue weighted by atomic mass is 16.5. The molecule has 21 heavy (non-hydrogen) atoms. The molecule has 1 N–H and O–H groups in total. The van der Waals surface area contributed by atoms with Crippen LogP contribution in [0.25, 0.3) is 10.9 Å². The first-order chi connectivity index (χ1) is 10.2. The van der Waals surface area contributed by atoms with Crippen LogP contribution >= 0.6 is 0 Å². The summed E-state index contributed by atoms with van der Waals surface area (Å²) < 4.78 is 8.03. The standard InChI is InChI=1S/C18H19NO2/c1-3-19-11-14(17-10-15(20)6-9-18(17)19)12-21-16-7-4-13(2)5-8-16/h4-11,20H,3,12H2,1-2H3. The second-order valence-electron chi connectivity index (χ2n) is 5.24. The summed E-state index contributed by atoms with van der Waals surface area (Å²) in [5.41, 5.74) is 3.43. The van der Waals surface area contributed by atoms with Gasteiger partial charge in [0.25, 0.3) is 0 Å². The summed E-state index contributed by atoms with van der Waals surface area (Å²) in [5.74, 6) is 1.14. The molecule has 2 aromatic carbocycles. The van der Waals surface area contributed by atoms with Crippen LogP contribution in [0, 0.1) is 6.92 Å². The third kappa shape index (κ3) is 2.72. The Kier molecular flexibility index (Phi) is 3.57. The van der Waals surface area contributed by atoms with Crippen molar-refractivity contribution in [2.45, 2.75) is 27.0 Å². The Morgan fingerprint density at radius 1 is 1.10 bits per heavy atom. The quantitative estimate of drug-likeness (QED) is 0.775. The van der Waals surface area contributed by atoms with E-state index in [0.29, 0.717) is 6.61 Å². The number of aromatic nitrogens is 1. The summed E-state index contributed by atoms with van der Waals surface area (Å²) >= 11 is 0. The van der Waals surface area contributed by atoms with Gasteiger partial charge in [0.1, 0.15) is 18.1 Å². The normalized spacial score (nSPS) is 11.0. The summed E-state index contributed by atoms with van der Waals surface area (Å²) in [6, 6.07) is 13.5. The topological polar surface area (TPSA) is 34.4 Å². The van der Waals surface area contributed by atoms with Crippen LogP contribution in [-0.4, -0.2) is 9.67 Å². The predicted molar refractivity (Wildman–Crippen MR) is 84.8 cm³/mol. The van der Waals surface area contributed by atoms with E-state index in [1.165, 1.54) is 5.56 Å². The highest BCUT2D eigenvalue weighted by Gasteiger charge is 2.09. The van der Waals surface area contributed by atoms with Crippen molar-refractivity contribution in [3.8, 4) is 11.5 Å². The fraction of sp³-hybridized carbons (Fsp3) is 0.222. The zero-order valence-corrected chi connectivity index (χ0v) is 12.3. The molecule has 0 aliphatic carbocycles. The summed E-state index contributed by atoms with van der Waals surface area (Å²) in [7, 11) is 0. The molecule has 1 heterocycles. The Balaban J connectivity index is 1.89. The molecule has 3 rings (SSSR count). The molecule has 0 amide bonds. The van der Waals surface area contributed by atoms with Gasteiger partial charge < -0.3 is 14.4 Å². The molecule has 0 aliphatic heterocycles. The van der Waals surface area contributed by atoms with Crippen molar-refractivity contribution in [1.29, 1.82) is 0 Å². The van der Waals surface area contributed by atoms with E-state index in [1.807, 2.05) is 30.3 Å². The summed E-state index contributed by atoms with van der Waals surface area (Å²) in [6.45, 7) is 5.56. The number of ether oxygens (including phenoxy) is 1. The van der Waals surface area contributed by atoms with Crippen molar-refractivity contribution in [3.05, 3.63) is 59.8 Å². The first-order valence-electron chi connectivity index (χ1n) is 7.17. The smallest absolute Gasteiger partial charge is 0.119 e. The van der Waals surface area contributed by atoms with Crippen LogP contribution in [0.5, 0.6) is 11.5 Å². The second kappa shape index (κ2) is 5.52. The van der Waals surface area contributed by atoms with Gasteiger partial charge in [-0.25, -0.2) is 0 Å². The van der Waals surface area contributed by atoms with Crippen molar-refractivity contribution in [1.82, 2.24) is 4.57 Å². The lowest BCUT2D eigenvalue weighted by Gasteiger charge is -2.05. The highest BCUT2D eigenvalue weighted by molar-refractivity contribution is 5.85. The van der Waals surface area contributed by atoms with Crippen LogP contribution in [-0.2, 0) is 13.2 Å². The van der Waals surface area contributed by atoms with E-state index >= 15 is 0 Å². The third-order valence-electron chi connectivity index (χ3n) is 3.70. The van der Waals surface area contributed by atoms with Crippen molar-refractivity contribution >= 4 is 10.9 Å². The first kappa shape index (κ1) is 13.6. The van der Waals surface area contributed by atoms with Crippen molar-refractivity contribution in [2.24, 2.45) is 0 Å². The maximum absolute atomic E-state index is 9.70.